The Hall–Kier alpha value is -7.26. The molecule has 0 unspecified atom stereocenters. The number of aliphatic carboxylic acids is 1. The van der Waals surface area contributed by atoms with E-state index in [0.29, 0.717) is 28.9 Å². The van der Waals surface area contributed by atoms with E-state index in [9.17, 15) is 48.3 Å². The number of aromatic amines is 1. The van der Waals surface area contributed by atoms with E-state index in [-0.39, 0.29) is 43.9 Å². The van der Waals surface area contributed by atoms with Crippen molar-refractivity contribution in [3.05, 3.63) is 108 Å². The molecule has 0 saturated carbocycles. The number of amides is 8. The number of hydrogen-bond acceptors (Lipinski definition) is 11. The number of aromatic nitrogens is 1. The van der Waals surface area contributed by atoms with Gasteiger partial charge in [0.15, 0.2) is 0 Å². The first-order valence-electron chi connectivity index (χ1n) is 26.6. The number of carboxylic acid groups (broad SMARTS) is 1. The summed E-state index contributed by atoms with van der Waals surface area (Å²) in [6, 6.07) is 14.5. The van der Waals surface area contributed by atoms with Crippen LogP contribution in [0.25, 0.3) is 10.9 Å². The van der Waals surface area contributed by atoms with Gasteiger partial charge in [-0.3, -0.25) is 38.4 Å². The van der Waals surface area contributed by atoms with Gasteiger partial charge in [0.05, 0.1) is 6.04 Å². The molecule has 0 aliphatic rings. The Kier molecular flexibility index (Phi) is 25.3. The van der Waals surface area contributed by atoms with Gasteiger partial charge in [0.2, 0.25) is 47.3 Å². The summed E-state index contributed by atoms with van der Waals surface area (Å²) in [5, 5.41) is 32.7. The minimum absolute atomic E-state index is 0.0383. The molecule has 4 aromatic rings. The van der Waals surface area contributed by atoms with E-state index in [2.05, 4.69) is 47.5 Å². The maximum Gasteiger partial charge on any atom is 0.326 e. The minimum Gasteiger partial charge on any atom is -0.480 e. The summed E-state index contributed by atoms with van der Waals surface area (Å²) in [6.07, 6.45) is 4.14. The predicted molar refractivity (Wildman–Crippen MR) is 301 cm³/mol. The third-order valence-corrected chi connectivity index (χ3v) is 14.0. The number of hydrogen-bond donors (Lipinski definition) is 11. The van der Waals surface area contributed by atoms with E-state index in [1.165, 1.54) is 25.6 Å². The van der Waals surface area contributed by atoms with Gasteiger partial charge in [0.25, 0.3) is 0 Å². The molecule has 1 heterocycles. The number of nitrogens with one attached hydrogen (secondary N) is 9. The number of nitrogens with two attached hydrogens (primary N) is 1. The number of para-hydroxylation sites is 1. The van der Waals surface area contributed by atoms with Crippen LogP contribution in [0.2, 0.25) is 0 Å². The Morgan fingerprint density at radius 1 is 0.538 bits per heavy atom. The summed E-state index contributed by atoms with van der Waals surface area (Å²) in [7, 11) is 0. The van der Waals surface area contributed by atoms with E-state index >= 15 is 0 Å². The number of carbonyl (C=O) groups excluding carboxylic acids is 8. The molecule has 0 radical (unpaired) electrons. The maximum atomic E-state index is 14.8. The average molecular weight is 1100 g/mol. The molecule has 0 spiro atoms. The standard InChI is InChI=1S/C57H80N10O10S/c1-10-34(6)48(67-55(74)47(33(4)5)66-49(68)35(7)58)56(75)60-36(8)50(69)61-42(25-26-78-9)51(70)62-43(28-37-19-13-11-14-20-37)52(71)63-44(29-38-21-15-12-16-22-38)53(72)64-45(54(73)65-46(57(76)77)27-32(2)3)30-39-31-59-41-24-18-17-23-40(39)41/h11-24,31-36,42-48,59H,10,25-30,58H2,1-9H3,(H,60,75)(H,61,69)(H,62,70)(H,63,71)(H,64,72)(H,65,73)(H,66,68)(H,67,74)(H,76,77)/t34-,35-,36-,42-,43-,44-,45-,46-,47-,48-/m0/s1. The van der Waals surface area contributed by atoms with Crippen LogP contribution in [-0.4, -0.2) is 130 Å². The first kappa shape index (κ1) is 63.3. The van der Waals surface area contributed by atoms with Gasteiger partial charge in [-0.25, -0.2) is 4.79 Å². The highest BCUT2D eigenvalue weighted by Crippen LogP contribution is 2.20. The lowest BCUT2D eigenvalue weighted by atomic mass is 9.96. The maximum absolute atomic E-state index is 14.8. The van der Waals surface area contributed by atoms with Gasteiger partial charge in [0.1, 0.15) is 48.3 Å². The third-order valence-electron chi connectivity index (χ3n) is 13.3. The number of fused-ring (bicyclic) bond motifs is 1. The Balaban J connectivity index is 1.61. The molecule has 0 fully saturated rings. The van der Waals surface area contributed by atoms with Crippen molar-refractivity contribution in [1.29, 1.82) is 0 Å². The summed E-state index contributed by atoms with van der Waals surface area (Å²) >= 11 is 1.42. The van der Waals surface area contributed by atoms with Gasteiger partial charge in [0, 0.05) is 36.4 Å². The number of benzene rings is 3. The van der Waals surface area contributed by atoms with Crippen molar-refractivity contribution >= 4 is 75.9 Å². The van der Waals surface area contributed by atoms with Crippen LogP contribution in [0.15, 0.2) is 91.1 Å². The van der Waals surface area contributed by atoms with Crippen LogP contribution in [0, 0.1) is 17.8 Å². The highest BCUT2D eigenvalue weighted by Gasteiger charge is 2.36. The molecular formula is C57H80N10O10S. The predicted octanol–water partition coefficient (Wildman–Crippen LogP) is 3.03. The lowest BCUT2D eigenvalue weighted by Crippen LogP contribution is -2.61. The van der Waals surface area contributed by atoms with E-state index < -0.39 is 114 Å². The van der Waals surface area contributed by atoms with Gasteiger partial charge in [-0.05, 0) is 79.2 Å². The molecule has 424 valence electrons. The zero-order valence-electron chi connectivity index (χ0n) is 46.1. The quantitative estimate of drug-likeness (QED) is 0.0347. The van der Waals surface area contributed by atoms with Crippen molar-refractivity contribution in [1.82, 2.24) is 47.5 Å². The molecule has 0 bridgehead atoms. The summed E-state index contributed by atoms with van der Waals surface area (Å²) in [5.74, 6) is -7.17. The monoisotopic (exact) mass is 1100 g/mol. The largest absolute Gasteiger partial charge is 0.480 e. The van der Waals surface area contributed by atoms with Gasteiger partial charge in [-0.1, -0.05) is 127 Å². The number of rotatable bonds is 31. The summed E-state index contributed by atoms with van der Waals surface area (Å²) in [5.41, 5.74) is 8.51. The molecule has 21 heteroatoms. The fourth-order valence-corrected chi connectivity index (χ4v) is 9.04. The van der Waals surface area contributed by atoms with E-state index in [0.717, 1.165) is 10.9 Å². The molecule has 0 aliphatic heterocycles. The molecule has 4 rings (SSSR count). The minimum atomic E-state index is -1.33. The Bertz CT molecular complexity index is 2650. The van der Waals surface area contributed by atoms with Crippen LogP contribution >= 0.6 is 11.8 Å². The van der Waals surface area contributed by atoms with Crippen LogP contribution in [0.3, 0.4) is 0 Å². The van der Waals surface area contributed by atoms with Crippen LogP contribution in [0.4, 0.5) is 0 Å². The normalized spacial score (nSPS) is 15.2. The summed E-state index contributed by atoms with van der Waals surface area (Å²) in [4.78, 5) is 127. The Morgan fingerprint density at radius 2 is 1.00 bits per heavy atom. The van der Waals surface area contributed by atoms with Gasteiger partial charge in [-0.2, -0.15) is 11.8 Å². The molecular weight excluding hydrogens is 1020 g/mol. The average Bonchev–Trinajstić information content (AvgIpc) is 3.82. The van der Waals surface area contributed by atoms with Crippen molar-refractivity contribution in [2.75, 3.05) is 12.0 Å². The van der Waals surface area contributed by atoms with Gasteiger partial charge in [-0.15, -0.1) is 0 Å². The topological polar surface area (TPSA) is 312 Å². The van der Waals surface area contributed by atoms with Crippen LogP contribution in [0.5, 0.6) is 0 Å². The molecule has 8 amide bonds. The molecule has 78 heavy (non-hydrogen) atoms. The molecule has 0 saturated heterocycles. The molecule has 10 atom stereocenters. The van der Waals surface area contributed by atoms with Gasteiger partial charge < -0.3 is 58.4 Å². The SMILES string of the molecule is CC[C@H](C)[C@H](NC(=O)[C@@H](NC(=O)[C@H](C)N)C(C)C)C(=O)N[C@@H](C)C(=O)N[C@@H](CCSC)C(=O)N[C@@H](Cc1ccccc1)C(=O)N[C@@H](Cc1ccccc1)C(=O)N[C@@H](Cc1c[nH]c2ccccc12)C(=O)N[C@@H](CC(C)C)C(=O)O. The number of carbonyl (C=O) groups is 9. The first-order valence-corrected chi connectivity index (χ1v) is 28.0. The summed E-state index contributed by atoms with van der Waals surface area (Å²) < 4.78 is 0. The van der Waals surface area contributed by atoms with E-state index in [1.54, 1.807) is 87.6 Å². The lowest BCUT2D eigenvalue weighted by Gasteiger charge is -2.29. The fraction of sp³-hybridized carbons (Fsp3) is 0.491. The fourth-order valence-electron chi connectivity index (χ4n) is 8.56. The van der Waals surface area contributed by atoms with Crippen LogP contribution in [-0.2, 0) is 62.4 Å². The highest BCUT2D eigenvalue weighted by atomic mass is 32.2. The number of thioether (sulfide) groups is 1. The second kappa shape index (κ2) is 31.2. The molecule has 12 N–H and O–H groups in total. The van der Waals surface area contributed by atoms with E-state index in [1.807, 2.05) is 51.3 Å². The highest BCUT2D eigenvalue weighted by molar-refractivity contribution is 7.98. The molecule has 20 nitrogen and oxygen atoms in total. The smallest absolute Gasteiger partial charge is 0.326 e. The van der Waals surface area contributed by atoms with E-state index in [4.69, 9.17) is 5.73 Å². The molecule has 3 aromatic carbocycles. The summed E-state index contributed by atoms with van der Waals surface area (Å²) in [6.45, 7) is 13.6. The van der Waals surface area contributed by atoms with Crippen molar-refractivity contribution in [2.24, 2.45) is 23.5 Å². The lowest BCUT2D eigenvalue weighted by molar-refractivity contribution is -0.142. The van der Waals surface area contributed by atoms with Crippen LogP contribution < -0.4 is 48.3 Å². The Morgan fingerprint density at radius 3 is 1.49 bits per heavy atom. The number of carboxylic acids is 1. The van der Waals surface area contributed by atoms with Crippen molar-refractivity contribution in [3.8, 4) is 0 Å². The van der Waals surface area contributed by atoms with Crippen molar-refractivity contribution in [2.45, 2.75) is 148 Å². The second-order valence-corrected chi connectivity index (χ2v) is 21.6. The first-order chi connectivity index (χ1) is 37.0. The second-order valence-electron chi connectivity index (χ2n) is 20.6. The zero-order valence-corrected chi connectivity index (χ0v) is 47.0. The molecule has 1 aromatic heterocycles. The van der Waals surface area contributed by atoms with Crippen molar-refractivity contribution < 1.29 is 48.3 Å². The zero-order chi connectivity index (χ0) is 57.6. The van der Waals surface area contributed by atoms with Crippen LogP contribution in [0.1, 0.15) is 91.3 Å². The number of H-pyrrole nitrogens is 1. The molecule has 0 aliphatic carbocycles. The van der Waals surface area contributed by atoms with Crippen molar-refractivity contribution in [3.63, 3.8) is 0 Å². The third kappa shape index (κ3) is 19.6. The van der Waals surface area contributed by atoms with Gasteiger partial charge >= 0.3 is 5.97 Å². The Labute approximate surface area is 461 Å².